The number of methoxy groups -OCH3 is 1. The Morgan fingerprint density at radius 1 is 1.47 bits per heavy atom. The predicted molar refractivity (Wildman–Crippen MR) is 65.0 cm³/mol. The van der Waals surface area contributed by atoms with E-state index in [1.54, 1.807) is 12.1 Å². The number of rotatable bonds is 6. The molecule has 0 saturated heterocycles. The van der Waals surface area contributed by atoms with Crippen LogP contribution < -0.4 is 9.47 Å². The molecule has 0 bridgehead atoms. The molecule has 1 aromatic carbocycles. The molecule has 0 spiro atoms. The number of carbonyl (C=O) groups is 1. The summed E-state index contributed by atoms with van der Waals surface area (Å²) in [6, 6.07) is 4.85. The Labute approximate surface area is 101 Å². The van der Waals surface area contributed by atoms with Crippen molar-refractivity contribution in [2.45, 2.75) is 32.8 Å². The van der Waals surface area contributed by atoms with Crippen LogP contribution in [-0.4, -0.2) is 24.3 Å². The number of carboxylic acid groups (broad SMARTS) is 1. The van der Waals surface area contributed by atoms with E-state index in [2.05, 4.69) is 6.92 Å². The van der Waals surface area contributed by atoms with Crippen molar-refractivity contribution in [3.63, 3.8) is 0 Å². The van der Waals surface area contributed by atoms with Crippen LogP contribution in [0.1, 0.15) is 37.0 Å². The van der Waals surface area contributed by atoms with E-state index in [4.69, 9.17) is 14.6 Å². The molecule has 1 aromatic rings. The van der Waals surface area contributed by atoms with Gasteiger partial charge in [0.2, 0.25) is 0 Å². The van der Waals surface area contributed by atoms with Crippen LogP contribution in [0, 0.1) is 0 Å². The third-order valence-corrected chi connectivity index (χ3v) is 2.44. The van der Waals surface area contributed by atoms with Crippen molar-refractivity contribution < 1.29 is 19.4 Å². The Balaban J connectivity index is 3.04. The maximum absolute atomic E-state index is 11.1. The zero-order valence-electron chi connectivity index (χ0n) is 10.4. The number of benzene rings is 1. The number of carboxylic acids is 1. The third-order valence-electron chi connectivity index (χ3n) is 2.44. The van der Waals surface area contributed by atoms with E-state index in [9.17, 15) is 4.79 Å². The summed E-state index contributed by atoms with van der Waals surface area (Å²) in [5.41, 5.74) is 0.132. The van der Waals surface area contributed by atoms with Gasteiger partial charge >= 0.3 is 5.97 Å². The maximum Gasteiger partial charge on any atom is 0.339 e. The van der Waals surface area contributed by atoms with Crippen molar-refractivity contribution in [3.8, 4) is 11.5 Å². The van der Waals surface area contributed by atoms with Crippen LogP contribution in [0.5, 0.6) is 11.5 Å². The maximum atomic E-state index is 11.1. The van der Waals surface area contributed by atoms with Gasteiger partial charge in [0.1, 0.15) is 5.56 Å². The van der Waals surface area contributed by atoms with E-state index < -0.39 is 5.97 Å². The first-order chi connectivity index (χ1) is 8.10. The van der Waals surface area contributed by atoms with Crippen molar-refractivity contribution in [2.24, 2.45) is 0 Å². The Morgan fingerprint density at radius 2 is 2.18 bits per heavy atom. The van der Waals surface area contributed by atoms with Crippen LogP contribution >= 0.6 is 0 Å². The molecule has 1 unspecified atom stereocenters. The second-order valence-corrected chi connectivity index (χ2v) is 3.86. The molecule has 17 heavy (non-hydrogen) atoms. The molecule has 0 saturated carbocycles. The summed E-state index contributed by atoms with van der Waals surface area (Å²) in [4.78, 5) is 11.1. The molecule has 0 aliphatic rings. The summed E-state index contributed by atoms with van der Waals surface area (Å²) in [5.74, 6) is -0.251. The Morgan fingerprint density at radius 3 is 2.71 bits per heavy atom. The summed E-state index contributed by atoms with van der Waals surface area (Å²) < 4.78 is 10.8. The Bertz CT molecular complexity index is 387. The van der Waals surface area contributed by atoms with E-state index >= 15 is 0 Å². The lowest BCUT2D eigenvalue weighted by Crippen LogP contribution is -2.14. The number of hydrogen-bond donors (Lipinski definition) is 1. The molecule has 4 nitrogen and oxygen atoms in total. The van der Waals surface area contributed by atoms with Crippen LogP contribution in [-0.2, 0) is 0 Å². The fourth-order valence-electron chi connectivity index (χ4n) is 1.63. The molecule has 1 rings (SSSR count). The van der Waals surface area contributed by atoms with Gasteiger partial charge in [-0.3, -0.25) is 0 Å². The molecule has 0 fully saturated rings. The van der Waals surface area contributed by atoms with Gasteiger partial charge in [-0.2, -0.15) is 0 Å². The molecule has 1 atom stereocenters. The minimum Gasteiger partial charge on any atom is -0.493 e. The van der Waals surface area contributed by atoms with Gasteiger partial charge in [0.25, 0.3) is 0 Å². The van der Waals surface area contributed by atoms with Gasteiger partial charge in [0.15, 0.2) is 11.5 Å². The van der Waals surface area contributed by atoms with Crippen LogP contribution in [0.25, 0.3) is 0 Å². The summed E-state index contributed by atoms with van der Waals surface area (Å²) in [6.07, 6.45) is 1.82. The standard InChI is InChI=1S/C13H18O4/c1-4-6-9(2)17-12-10(13(14)15)7-5-8-11(12)16-3/h5,7-9H,4,6H2,1-3H3,(H,14,15). The fraction of sp³-hybridized carbons (Fsp3) is 0.462. The van der Waals surface area contributed by atoms with Crippen molar-refractivity contribution in [3.05, 3.63) is 23.8 Å². The van der Waals surface area contributed by atoms with Crippen molar-refractivity contribution in [1.82, 2.24) is 0 Å². The lowest BCUT2D eigenvalue weighted by molar-refractivity contribution is 0.0688. The molecule has 4 heteroatoms. The van der Waals surface area contributed by atoms with Gasteiger partial charge in [-0.25, -0.2) is 4.79 Å². The molecule has 0 aromatic heterocycles. The fourth-order valence-corrected chi connectivity index (χ4v) is 1.63. The highest BCUT2D eigenvalue weighted by molar-refractivity contribution is 5.92. The molecule has 0 heterocycles. The van der Waals surface area contributed by atoms with Crippen LogP contribution in [0.4, 0.5) is 0 Å². The van der Waals surface area contributed by atoms with E-state index in [-0.39, 0.29) is 11.7 Å². The van der Waals surface area contributed by atoms with Gasteiger partial charge in [-0.05, 0) is 25.5 Å². The molecule has 0 aliphatic carbocycles. The van der Waals surface area contributed by atoms with Gasteiger partial charge in [-0.1, -0.05) is 19.4 Å². The number of ether oxygens (including phenoxy) is 2. The van der Waals surface area contributed by atoms with Gasteiger partial charge < -0.3 is 14.6 Å². The summed E-state index contributed by atoms with van der Waals surface area (Å²) in [7, 11) is 1.50. The quantitative estimate of drug-likeness (QED) is 0.827. The molecular weight excluding hydrogens is 220 g/mol. The summed E-state index contributed by atoms with van der Waals surface area (Å²) in [5, 5.41) is 9.09. The predicted octanol–water partition coefficient (Wildman–Crippen LogP) is 2.96. The second kappa shape index (κ2) is 6.13. The van der Waals surface area contributed by atoms with Crippen molar-refractivity contribution >= 4 is 5.97 Å². The average Bonchev–Trinajstić information content (AvgIpc) is 2.29. The number of aromatic carboxylic acids is 1. The van der Waals surface area contributed by atoms with Crippen molar-refractivity contribution in [1.29, 1.82) is 0 Å². The average molecular weight is 238 g/mol. The zero-order chi connectivity index (χ0) is 12.8. The highest BCUT2D eigenvalue weighted by Crippen LogP contribution is 2.32. The second-order valence-electron chi connectivity index (χ2n) is 3.86. The molecule has 0 radical (unpaired) electrons. The molecule has 0 amide bonds. The van der Waals surface area contributed by atoms with E-state index in [0.717, 1.165) is 12.8 Å². The van der Waals surface area contributed by atoms with E-state index in [1.807, 2.05) is 6.92 Å². The topological polar surface area (TPSA) is 55.8 Å². The van der Waals surface area contributed by atoms with E-state index in [0.29, 0.717) is 11.5 Å². The Kier molecular flexibility index (Phi) is 4.82. The number of para-hydroxylation sites is 1. The molecule has 1 N–H and O–H groups in total. The van der Waals surface area contributed by atoms with Crippen LogP contribution in [0.2, 0.25) is 0 Å². The normalized spacial score (nSPS) is 11.9. The van der Waals surface area contributed by atoms with Gasteiger partial charge in [0.05, 0.1) is 13.2 Å². The molecular formula is C13H18O4. The first-order valence-electron chi connectivity index (χ1n) is 5.67. The zero-order valence-corrected chi connectivity index (χ0v) is 10.4. The van der Waals surface area contributed by atoms with Gasteiger partial charge in [-0.15, -0.1) is 0 Å². The first-order valence-corrected chi connectivity index (χ1v) is 5.67. The van der Waals surface area contributed by atoms with Crippen LogP contribution in [0.15, 0.2) is 18.2 Å². The Hall–Kier alpha value is -1.71. The monoisotopic (exact) mass is 238 g/mol. The minimum atomic E-state index is -1.01. The highest BCUT2D eigenvalue weighted by Gasteiger charge is 2.18. The van der Waals surface area contributed by atoms with E-state index in [1.165, 1.54) is 13.2 Å². The first kappa shape index (κ1) is 13.4. The third kappa shape index (κ3) is 3.37. The summed E-state index contributed by atoms with van der Waals surface area (Å²) in [6.45, 7) is 3.97. The van der Waals surface area contributed by atoms with Gasteiger partial charge in [0, 0.05) is 0 Å². The summed E-state index contributed by atoms with van der Waals surface area (Å²) >= 11 is 0. The molecule has 94 valence electrons. The highest BCUT2D eigenvalue weighted by atomic mass is 16.5. The van der Waals surface area contributed by atoms with Crippen molar-refractivity contribution in [2.75, 3.05) is 7.11 Å². The minimum absolute atomic E-state index is 0.0330. The SMILES string of the molecule is CCCC(C)Oc1c(OC)cccc1C(=O)O. The molecule has 0 aliphatic heterocycles. The largest absolute Gasteiger partial charge is 0.493 e. The van der Waals surface area contributed by atoms with Crippen LogP contribution in [0.3, 0.4) is 0 Å². The smallest absolute Gasteiger partial charge is 0.339 e. The lowest BCUT2D eigenvalue weighted by atomic mass is 10.1. The number of hydrogen-bond acceptors (Lipinski definition) is 3. The lowest BCUT2D eigenvalue weighted by Gasteiger charge is -2.17.